The van der Waals surface area contributed by atoms with E-state index in [4.69, 9.17) is 0 Å². The minimum atomic E-state index is -0.225. The first-order valence-corrected chi connectivity index (χ1v) is 4.70. The van der Waals surface area contributed by atoms with Crippen molar-refractivity contribution < 1.29 is 9.59 Å². The van der Waals surface area contributed by atoms with Gasteiger partial charge in [-0.25, -0.2) is 0 Å². The fourth-order valence-corrected chi connectivity index (χ4v) is 2.50. The first-order valence-electron chi connectivity index (χ1n) is 4.70. The molecular weight excluding hydrogens is 152 g/mol. The van der Waals surface area contributed by atoms with Crippen LogP contribution in [0.3, 0.4) is 0 Å². The van der Waals surface area contributed by atoms with E-state index in [0.29, 0.717) is 6.42 Å². The molecule has 0 heterocycles. The van der Waals surface area contributed by atoms with E-state index in [2.05, 4.69) is 0 Å². The van der Waals surface area contributed by atoms with Gasteiger partial charge in [-0.2, -0.15) is 0 Å². The molecule has 2 heteroatoms. The number of fused-ring (bicyclic) bond motifs is 2. The maximum atomic E-state index is 11.7. The molecule has 0 unspecified atom stereocenters. The molecule has 0 saturated heterocycles. The van der Waals surface area contributed by atoms with E-state index in [-0.39, 0.29) is 22.9 Å². The van der Waals surface area contributed by atoms with Crippen LogP contribution in [0.25, 0.3) is 0 Å². The van der Waals surface area contributed by atoms with Gasteiger partial charge in [0.15, 0.2) is 0 Å². The highest BCUT2D eigenvalue weighted by atomic mass is 16.2. The lowest BCUT2D eigenvalue weighted by Crippen LogP contribution is -2.45. The maximum Gasteiger partial charge on any atom is 0.149 e. The van der Waals surface area contributed by atoms with Crippen LogP contribution in [0, 0.1) is 11.3 Å². The minimum absolute atomic E-state index is 0.142. The Morgan fingerprint density at radius 2 is 2.08 bits per heavy atom. The van der Waals surface area contributed by atoms with E-state index >= 15 is 0 Å². The molecule has 2 fully saturated rings. The average molecular weight is 166 g/mol. The molecule has 12 heavy (non-hydrogen) atoms. The predicted molar refractivity (Wildman–Crippen MR) is 44.7 cm³/mol. The summed E-state index contributed by atoms with van der Waals surface area (Å²) in [5.74, 6) is 0.194. The van der Waals surface area contributed by atoms with Crippen LogP contribution in [-0.2, 0) is 9.59 Å². The van der Waals surface area contributed by atoms with Crippen LogP contribution >= 0.6 is 0 Å². The molecular formula is C10H14O2. The fraction of sp³-hybridized carbons (Fsp3) is 0.800. The van der Waals surface area contributed by atoms with Crippen molar-refractivity contribution in [2.75, 3.05) is 0 Å². The predicted octanol–water partition coefficient (Wildman–Crippen LogP) is 1.72. The Kier molecular flexibility index (Phi) is 1.60. The van der Waals surface area contributed by atoms with E-state index in [1.165, 1.54) is 0 Å². The summed E-state index contributed by atoms with van der Waals surface area (Å²) in [6.45, 7) is 2.02. The molecule has 0 radical (unpaired) electrons. The molecule has 0 aromatic rings. The Balaban J connectivity index is 2.31. The molecule has 0 spiro atoms. The van der Waals surface area contributed by atoms with Gasteiger partial charge in [0.2, 0.25) is 0 Å². The van der Waals surface area contributed by atoms with E-state index in [1.54, 1.807) is 0 Å². The van der Waals surface area contributed by atoms with Gasteiger partial charge in [0, 0.05) is 11.8 Å². The highest BCUT2D eigenvalue weighted by Gasteiger charge is 2.47. The lowest BCUT2D eigenvalue weighted by molar-refractivity contribution is -0.147. The van der Waals surface area contributed by atoms with Crippen LogP contribution in [-0.4, -0.2) is 11.6 Å². The van der Waals surface area contributed by atoms with Crippen molar-refractivity contribution in [2.24, 2.45) is 11.3 Å². The zero-order valence-electron chi connectivity index (χ0n) is 7.43. The molecule has 0 aliphatic heterocycles. The van der Waals surface area contributed by atoms with Crippen molar-refractivity contribution in [3.63, 3.8) is 0 Å². The molecule has 0 amide bonds. The second kappa shape index (κ2) is 2.41. The largest absolute Gasteiger partial charge is 0.299 e. The summed E-state index contributed by atoms with van der Waals surface area (Å²) in [4.78, 5) is 23.1. The fourth-order valence-electron chi connectivity index (χ4n) is 2.50. The zero-order valence-corrected chi connectivity index (χ0v) is 7.43. The Bertz CT molecular complexity index is 244. The van der Waals surface area contributed by atoms with Gasteiger partial charge in [0.25, 0.3) is 0 Å². The molecule has 0 aromatic heterocycles. The van der Waals surface area contributed by atoms with Crippen LogP contribution in [0.1, 0.15) is 39.0 Å². The molecule has 2 bridgehead atoms. The summed E-state index contributed by atoms with van der Waals surface area (Å²) in [7, 11) is 0. The van der Waals surface area contributed by atoms with Gasteiger partial charge in [0.1, 0.15) is 11.6 Å². The van der Waals surface area contributed by atoms with E-state index < -0.39 is 0 Å². The lowest BCUT2D eigenvalue weighted by atomic mass is 9.62. The number of carbonyl (C=O) groups excluding carboxylic acids is 2. The third kappa shape index (κ3) is 0.936. The first-order chi connectivity index (χ1) is 5.63. The third-order valence-electron chi connectivity index (χ3n) is 3.44. The van der Waals surface area contributed by atoms with Gasteiger partial charge >= 0.3 is 0 Å². The number of hydrogen-bond donors (Lipinski definition) is 0. The molecule has 66 valence electrons. The van der Waals surface area contributed by atoms with Crippen LogP contribution in [0.5, 0.6) is 0 Å². The summed E-state index contributed by atoms with van der Waals surface area (Å²) in [6, 6.07) is 0. The monoisotopic (exact) mass is 166 g/mol. The summed E-state index contributed by atoms with van der Waals surface area (Å²) in [5, 5.41) is 0. The van der Waals surface area contributed by atoms with Gasteiger partial charge in [-0.3, -0.25) is 9.59 Å². The minimum Gasteiger partial charge on any atom is -0.299 e. The summed E-state index contributed by atoms with van der Waals surface area (Å²) in [5.41, 5.74) is -0.142. The molecule has 2 atom stereocenters. The van der Waals surface area contributed by atoms with Crippen molar-refractivity contribution in [1.29, 1.82) is 0 Å². The van der Waals surface area contributed by atoms with Gasteiger partial charge < -0.3 is 0 Å². The number of hydrogen-bond acceptors (Lipinski definition) is 2. The Morgan fingerprint density at radius 1 is 1.33 bits per heavy atom. The summed E-state index contributed by atoms with van der Waals surface area (Å²) in [6.07, 6.45) is 4.29. The Hall–Kier alpha value is -0.660. The van der Waals surface area contributed by atoms with Gasteiger partial charge in [-0.1, -0.05) is 13.3 Å². The number of rotatable bonds is 0. The molecule has 2 rings (SSSR count). The van der Waals surface area contributed by atoms with E-state index in [9.17, 15) is 9.59 Å². The Labute approximate surface area is 72.3 Å². The number of ketones is 2. The topological polar surface area (TPSA) is 34.1 Å². The highest BCUT2D eigenvalue weighted by molar-refractivity contribution is 6.07. The normalized spacial score (nSPS) is 41.6. The first kappa shape index (κ1) is 7.96. The number of Topliss-reactive ketones (excluding diaryl/α,β-unsaturated/α-hetero) is 2. The quantitative estimate of drug-likeness (QED) is 0.513. The van der Waals surface area contributed by atoms with Crippen molar-refractivity contribution in [3.05, 3.63) is 0 Å². The van der Waals surface area contributed by atoms with Gasteiger partial charge in [0.05, 0.1) is 5.92 Å². The Morgan fingerprint density at radius 3 is 2.75 bits per heavy atom. The van der Waals surface area contributed by atoms with Crippen LogP contribution in [0.15, 0.2) is 0 Å². The zero-order chi connectivity index (χ0) is 8.77. The van der Waals surface area contributed by atoms with Crippen LogP contribution in [0.2, 0.25) is 0 Å². The molecule has 2 saturated carbocycles. The van der Waals surface area contributed by atoms with Gasteiger partial charge in [-0.05, 0) is 19.3 Å². The molecule has 0 N–H and O–H groups in total. The maximum absolute atomic E-state index is 11.7. The van der Waals surface area contributed by atoms with Crippen molar-refractivity contribution in [2.45, 2.75) is 39.0 Å². The molecule has 2 nitrogen and oxygen atoms in total. The summed E-state index contributed by atoms with van der Waals surface area (Å²) >= 11 is 0. The SMILES string of the molecule is C[C@@]12CCC[C@H](C(=O)CC1)C2=O. The van der Waals surface area contributed by atoms with Gasteiger partial charge in [-0.15, -0.1) is 0 Å². The molecule has 2 aliphatic rings. The smallest absolute Gasteiger partial charge is 0.149 e. The third-order valence-corrected chi connectivity index (χ3v) is 3.44. The van der Waals surface area contributed by atoms with Crippen molar-refractivity contribution in [1.82, 2.24) is 0 Å². The number of carbonyl (C=O) groups is 2. The standard InChI is InChI=1S/C10H14O2/c1-10-5-2-3-7(9(10)12)8(11)4-6-10/h7H,2-6H2,1H3/t7-,10-/m1/s1. The lowest BCUT2D eigenvalue weighted by Gasteiger charge is -2.40. The van der Waals surface area contributed by atoms with E-state index in [0.717, 1.165) is 25.7 Å². The van der Waals surface area contributed by atoms with E-state index in [1.807, 2.05) is 6.92 Å². The van der Waals surface area contributed by atoms with Crippen LogP contribution < -0.4 is 0 Å². The van der Waals surface area contributed by atoms with Crippen LogP contribution in [0.4, 0.5) is 0 Å². The highest BCUT2D eigenvalue weighted by Crippen LogP contribution is 2.44. The van der Waals surface area contributed by atoms with Crippen molar-refractivity contribution >= 4 is 11.6 Å². The average Bonchev–Trinajstić information content (AvgIpc) is 2.03. The van der Waals surface area contributed by atoms with Crippen molar-refractivity contribution in [3.8, 4) is 0 Å². The molecule has 2 aliphatic carbocycles. The molecule has 0 aromatic carbocycles. The summed E-state index contributed by atoms with van der Waals surface area (Å²) < 4.78 is 0. The second-order valence-corrected chi connectivity index (χ2v) is 4.34. The second-order valence-electron chi connectivity index (χ2n) is 4.34.